The molecular weight excluding hydrogens is 406 g/mol. The Labute approximate surface area is 177 Å². The van der Waals surface area contributed by atoms with Crippen LogP contribution in [0.5, 0.6) is 5.75 Å². The van der Waals surface area contributed by atoms with E-state index in [9.17, 15) is 18.4 Å². The van der Waals surface area contributed by atoms with Gasteiger partial charge in [0, 0.05) is 50.2 Å². The van der Waals surface area contributed by atoms with E-state index in [1.807, 2.05) is 4.90 Å². The second kappa shape index (κ2) is 8.33. The summed E-state index contributed by atoms with van der Waals surface area (Å²) >= 11 is 0. The zero-order valence-corrected chi connectivity index (χ0v) is 17.3. The Kier molecular flexibility index (Phi) is 5.58. The van der Waals surface area contributed by atoms with Crippen LogP contribution in [0.1, 0.15) is 17.4 Å². The number of nitrogens with zero attached hydrogens (tertiary/aromatic N) is 4. The SMILES string of the molecule is CCn1nc(C(=O)N2CCN(c3cc(F)c(F)cc3OC)CC2)c2ccccc2c1=O. The number of methoxy groups -OCH3 is 1. The van der Waals surface area contributed by atoms with Gasteiger partial charge in [-0.05, 0) is 13.0 Å². The molecule has 0 bridgehead atoms. The molecule has 0 unspecified atom stereocenters. The van der Waals surface area contributed by atoms with Crippen molar-refractivity contribution >= 4 is 22.4 Å². The topological polar surface area (TPSA) is 67.7 Å². The molecule has 0 radical (unpaired) electrons. The van der Waals surface area contributed by atoms with Gasteiger partial charge in [0.25, 0.3) is 11.5 Å². The van der Waals surface area contributed by atoms with Gasteiger partial charge in [-0.15, -0.1) is 0 Å². The van der Waals surface area contributed by atoms with Crippen molar-refractivity contribution < 1.29 is 18.3 Å². The molecule has 2 aromatic carbocycles. The average Bonchev–Trinajstić information content (AvgIpc) is 2.80. The van der Waals surface area contributed by atoms with Gasteiger partial charge < -0.3 is 14.5 Å². The van der Waals surface area contributed by atoms with E-state index in [1.54, 1.807) is 36.1 Å². The van der Waals surface area contributed by atoms with Crippen molar-refractivity contribution in [2.24, 2.45) is 0 Å². The molecule has 2 heterocycles. The number of carbonyl (C=O) groups is 1. The Morgan fingerprint density at radius 1 is 1.06 bits per heavy atom. The molecule has 9 heteroatoms. The summed E-state index contributed by atoms with van der Waals surface area (Å²) in [7, 11) is 1.40. The number of hydrogen-bond acceptors (Lipinski definition) is 5. The number of aryl methyl sites for hydroxylation is 1. The van der Waals surface area contributed by atoms with Crippen molar-refractivity contribution in [3.63, 3.8) is 0 Å². The van der Waals surface area contributed by atoms with Crippen LogP contribution in [-0.4, -0.2) is 53.9 Å². The van der Waals surface area contributed by atoms with Gasteiger partial charge in [-0.3, -0.25) is 9.59 Å². The van der Waals surface area contributed by atoms with Crippen molar-refractivity contribution in [1.82, 2.24) is 14.7 Å². The molecular formula is C22H22F2N4O3. The normalized spacial score (nSPS) is 14.2. The summed E-state index contributed by atoms with van der Waals surface area (Å²) in [4.78, 5) is 29.3. The molecule has 4 rings (SSSR count). The van der Waals surface area contributed by atoms with Gasteiger partial charge in [-0.2, -0.15) is 5.10 Å². The van der Waals surface area contributed by atoms with E-state index < -0.39 is 11.6 Å². The molecule has 1 fully saturated rings. The van der Waals surface area contributed by atoms with Gasteiger partial charge in [0.1, 0.15) is 5.75 Å². The summed E-state index contributed by atoms with van der Waals surface area (Å²) in [5.74, 6) is -1.96. The summed E-state index contributed by atoms with van der Waals surface area (Å²) in [6.45, 7) is 3.71. The lowest BCUT2D eigenvalue weighted by molar-refractivity contribution is 0.0740. The Morgan fingerprint density at radius 2 is 1.71 bits per heavy atom. The van der Waals surface area contributed by atoms with Crippen molar-refractivity contribution in [2.45, 2.75) is 13.5 Å². The fourth-order valence-corrected chi connectivity index (χ4v) is 3.84. The number of rotatable bonds is 4. The predicted octanol–water partition coefficient (Wildman–Crippen LogP) is 2.67. The number of piperazine rings is 1. The van der Waals surface area contributed by atoms with Crippen LogP contribution in [0.4, 0.5) is 14.5 Å². The molecule has 31 heavy (non-hydrogen) atoms. The number of aromatic nitrogens is 2. The lowest BCUT2D eigenvalue weighted by Gasteiger charge is -2.36. The molecule has 1 saturated heterocycles. The number of ether oxygens (including phenoxy) is 1. The monoisotopic (exact) mass is 428 g/mol. The minimum absolute atomic E-state index is 0.232. The smallest absolute Gasteiger partial charge is 0.275 e. The third-order valence-corrected chi connectivity index (χ3v) is 5.50. The molecule has 0 atom stereocenters. The highest BCUT2D eigenvalue weighted by Gasteiger charge is 2.27. The summed E-state index contributed by atoms with van der Waals surface area (Å²) in [6, 6.07) is 9.06. The molecule has 1 aliphatic heterocycles. The molecule has 0 N–H and O–H groups in total. The first kappa shape index (κ1) is 20.8. The van der Waals surface area contributed by atoms with E-state index in [0.29, 0.717) is 49.2 Å². The van der Waals surface area contributed by atoms with Crippen LogP contribution in [0.15, 0.2) is 41.2 Å². The van der Waals surface area contributed by atoms with Crippen molar-refractivity contribution in [2.75, 3.05) is 38.2 Å². The Balaban J connectivity index is 1.59. The highest BCUT2D eigenvalue weighted by molar-refractivity contribution is 6.04. The fourth-order valence-electron chi connectivity index (χ4n) is 3.84. The largest absolute Gasteiger partial charge is 0.494 e. The van der Waals surface area contributed by atoms with Gasteiger partial charge in [-0.1, -0.05) is 18.2 Å². The van der Waals surface area contributed by atoms with Crippen LogP contribution < -0.4 is 15.2 Å². The van der Waals surface area contributed by atoms with Crippen molar-refractivity contribution in [1.29, 1.82) is 0 Å². The summed E-state index contributed by atoms with van der Waals surface area (Å²) in [5.41, 5.74) is 0.442. The molecule has 1 amide bonds. The summed E-state index contributed by atoms with van der Waals surface area (Å²) in [5, 5.41) is 5.28. The third-order valence-electron chi connectivity index (χ3n) is 5.50. The van der Waals surface area contributed by atoms with E-state index in [1.165, 1.54) is 11.8 Å². The first-order valence-electron chi connectivity index (χ1n) is 10.0. The molecule has 3 aromatic rings. The molecule has 0 saturated carbocycles. The predicted molar refractivity (Wildman–Crippen MR) is 113 cm³/mol. The van der Waals surface area contributed by atoms with Crippen LogP contribution in [0.3, 0.4) is 0 Å². The van der Waals surface area contributed by atoms with Gasteiger partial charge in [0.2, 0.25) is 0 Å². The minimum atomic E-state index is -0.974. The number of halogens is 2. The quantitative estimate of drug-likeness (QED) is 0.639. The number of amides is 1. The van der Waals surface area contributed by atoms with Crippen LogP contribution in [0, 0.1) is 11.6 Å². The number of carbonyl (C=O) groups excluding carboxylic acids is 1. The summed E-state index contributed by atoms with van der Waals surface area (Å²) < 4.78 is 33.8. The highest BCUT2D eigenvalue weighted by Crippen LogP contribution is 2.31. The summed E-state index contributed by atoms with van der Waals surface area (Å²) in [6.07, 6.45) is 0. The Hall–Kier alpha value is -3.49. The number of anilines is 1. The van der Waals surface area contributed by atoms with E-state index in [-0.39, 0.29) is 22.9 Å². The van der Waals surface area contributed by atoms with Crippen LogP contribution in [-0.2, 0) is 6.54 Å². The second-order valence-electron chi connectivity index (χ2n) is 7.23. The first-order chi connectivity index (χ1) is 14.9. The molecule has 0 aliphatic carbocycles. The van der Waals surface area contributed by atoms with Crippen LogP contribution in [0.25, 0.3) is 10.8 Å². The molecule has 7 nitrogen and oxygen atoms in total. The lowest BCUT2D eigenvalue weighted by atomic mass is 10.1. The second-order valence-corrected chi connectivity index (χ2v) is 7.23. The van der Waals surface area contributed by atoms with Crippen molar-refractivity contribution in [3.8, 4) is 5.75 Å². The first-order valence-corrected chi connectivity index (χ1v) is 10.0. The number of hydrogen-bond donors (Lipinski definition) is 0. The third kappa shape index (κ3) is 3.71. The van der Waals surface area contributed by atoms with Gasteiger partial charge >= 0.3 is 0 Å². The molecule has 162 valence electrons. The van der Waals surface area contributed by atoms with Crippen LogP contribution >= 0.6 is 0 Å². The van der Waals surface area contributed by atoms with Crippen LogP contribution in [0.2, 0.25) is 0 Å². The van der Waals surface area contributed by atoms with Crippen molar-refractivity contribution in [3.05, 3.63) is 64.1 Å². The maximum Gasteiger partial charge on any atom is 0.275 e. The highest BCUT2D eigenvalue weighted by atomic mass is 19.2. The lowest BCUT2D eigenvalue weighted by Crippen LogP contribution is -2.49. The molecule has 1 aliphatic rings. The van der Waals surface area contributed by atoms with E-state index in [4.69, 9.17) is 4.74 Å². The fraction of sp³-hybridized carbons (Fsp3) is 0.318. The number of benzene rings is 2. The van der Waals surface area contributed by atoms with Gasteiger partial charge in [0.15, 0.2) is 17.3 Å². The maximum absolute atomic E-state index is 13.8. The van der Waals surface area contributed by atoms with Gasteiger partial charge in [-0.25, -0.2) is 13.5 Å². The zero-order valence-electron chi connectivity index (χ0n) is 17.3. The minimum Gasteiger partial charge on any atom is -0.494 e. The Morgan fingerprint density at radius 3 is 2.35 bits per heavy atom. The molecule has 0 spiro atoms. The zero-order chi connectivity index (χ0) is 22.1. The average molecular weight is 428 g/mol. The van der Waals surface area contributed by atoms with Gasteiger partial charge in [0.05, 0.1) is 18.2 Å². The standard InChI is InChI=1S/C22H22F2N4O3/c1-3-28-21(29)15-7-5-4-6-14(15)20(25-28)22(30)27-10-8-26(9-11-27)18-12-16(23)17(24)13-19(18)31-2/h4-7,12-13H,3,8-11H2,1-2H3. The van der Waals surface area contributed by atoms with E-state index in [2.05, 4.69) is 5.10 Å². The Bertz CT molecular complexity index is 1200. The van der Waals surface area contributed by atoms with E-state index in [0.717, 1.165) is 12.1 Å². The maximum atomic E-state index is 13.8. The molecule has 1 aromatic heterocycles. The number of fused-ring (bicyclic) bond motifs is 1. The van der Waals surface area contributed by atoms with E-state index >= 15 is 0 Å².